The molecule has 0 unspecified atom stereocenters. The third kappa shape index (κ3) is 3.01. The molecule has 2 fully saturated rings. The van der Waals surface area contributed by atoms with Crippen molar-refractivity contribution in [2.45, 2.75) is 51.0 Å². The summed E-state index contributed by atoms with van der Waals surface area (Å²) in [5.74, 6) is 1.82. The molecule has 0 N–H and O–H groups in total. The number of imidazole rings is 1. The summed E-state index contributed by atoms with van der Waals surface area (Å²) in [6.07, 6.45) is 7.81. The lowest BCUT2D eigenvalue weighted by molar-refractivity contribution is 0.0675. The van der Waals surface area contributed by atoms with E-state index in [-0.39, 0.29) is 5.91 Å². The maximum atomic E-state index is 12.9. The number of nitriles is 1. The van der Waals surface area contributed by atoms with Crippen LogP contribution in [0.3, 0.4) is 0 Å². The van der Waals surface area contributed by atoms with E-state index in [1.54, 1.807) is 24.3 Å². The number of piperidine rings is 1. The van der Waals surface area contributed by atoms with E-state index in [0.717, 1.165) is 19.4 Å². The van der Waals surface area contributed by atoms with Gasteiger partial charge in [-0.2, -0.15) is 5.26 Å². The van der Waals surface area contributed by atoms with Crippen molar-refractivity contribution >= 4 is 5.91 Å². The van der Waals surface area contributed by atoms with Crippen LogP contribution in [0.4, 0.5) is 0 Å². The van der Waals surface area contributed by atoms with Crippen molar-refractivity contribution in [2.24, 2.45) is 0 Å². The van der Waals surface area contributed by atoms with Crippen LogP contribution in [0.15, 0.2) is 30.5 Å². The highest BCUT2D eigenvalue weighted by molar-refractivity contribution is 5.94. The Morgan fingerprint density at radius 2 is 2.12 bits per heavy atom. The third-order valence-corrected chi connectivity index (χ3v) is 5.77. The fraction of sp³-hybridized carbons (Fsp3) is 0.476. The van der Waals surface area contributed by atoms with Crippen LogP contribution in [0, 0.1) is 18.3 Å². The molecular weight excluding hydrogens is 324 g/mol. The first-order valence-electron chi connectivity index (χ1n) is 9.50. The summed E-state index contributed by atoms with van der Waals surface area (Å²) in [5.41, 5.74) is 2.33. The zero-order valence-electron chi connectivity index (χ0n) is 15.2. The predicted molar refractivity (Wildman–Crippen MR) is 98.9 cm³/mol. The zero-order valence-corrected chi connectivity index (χ0v) is 15.2. The van der Waals surface area contributed by atoms with Crippen molar-refractivity contribution in [2.75, 3.05) is 13.1 Å². The number of benzene rings is 1. The zero-order chi connectivity index (χ0) is 18.1. The lowest BCUT2D eigenvalue weighted by Crippen LogP contribution is -2.41. The van der Waals surface area contributed by atoms with Crippen molar-refractivity contribution in [3.8, 4) is 6.07 Å². The van der Waals surface area contributed by atoms with Crippen LogP contribution in [-0.2, 0) is 0 Å². The molecule has 2 aliphatic rings. The van der Waals surface area contributed by atoms with Crippen molar-refractivity contribution in [3.63, 3.8) is 0 Å². The Morgan fingerprint density at radius 1 is 1.27 bits per heavy atom. The smallest absolute Gasteiger partial charge is 0.253 e. The standard InChI is InChI=1S/C21H24N4O/c1-15-13-23-20(17-6-3-7-17)25(15)19-9-4-10-24(14-19)21(26)18-8-2-5-16(11-18)12-22/h2,5,8,11,13,17,19H,3-4,6-7,9-10,14H2,1H3/t19-/m0/s1. The number of hydrogen-bond acceptors (Lipinski definition) is 3. The summed E-state index contributed by atoms with van der Waals surface area (Å²) in [7, 11) is 0. The number of aromatic nitrogens is 2. The van der Waals surface area contributed by atoms with Gasteiger partial charge in [0.05, 0.1) is 17.7 Å². The molecule has 1 atom stereocenters. The molecule has 26 heavy (non-hydrogen) atoms. The molecule has 4 rings (SSSR count). The van der Waals surface area contributed by atoms with Crippen molar-refractivity contribution in [1.82, 2.24) is 14.5 Å². The number of aryl methyl sites for hydroxylation is 1. The van der Waals surface area contributed by atoms with E-state index in [0.29, 0.717) is 29.6 Å². The molecule has 2 aromatic rings. The summed E-state index contributed by atoms with van der Waals surface area (Å²) < 4.78 is 2.38. The Hall–Kier alpha value is -2.61. The number of hydrogen-bond donors (Lipinski definition) is 0. The number of carbonyl (C=O) groups excluding carboxylic acids is 1. The van der Waals surface area contributed by atoms with Crippen LogP contribution in [0.25, 0.3) is 0 Å². The van der Waals surface area contributed by atoms with Crippen LogP contribution in [0.5, 0.6) is 0 Å². The van der Waals surface area contributed by atoms with Gasteiger partial charge in [0.25, 0.3) is 5.91 Å². The highest BCUT2D eigenvalue weighted by Crippen LogP contribution is 2.38. The summed E-state index contributed by atoms with van der Waals surface area (Å²) in [5, 5.41) is 9.08. The molecule has 1 aromatic heterocycles. The Morgan fingerprint density at radius 3 is 2.85 bits per heavy atom. The van der Waals surface area contributed by atoms with Gasteiger partial charge < -0.3 is 9.47 Å². The van der Waals surface area contributed by atoms with Gasteiger partial charge in [0.1, 0.15) is 5.82 Å². The fourth-order valence-corrected chi connectivity index (χ4v) is 4.16. The van der Waals surface area contributed by atoms with Crippen LogP contribution in [0.1, 0.15) is 71.5 Å². The van der Waals surface area contributed by atoms with E-state index in [1.807, 2.05) is 11.1 Å². The molecule has 5 nitrogen and oxygen atoms in total. The van der Waals surface area contributed by atoms with Gasteiger partial charge in [-0.1, -0.05) is 12.5 Å². The van der Waals surface area contributed by atoms with Crippen molar-refractivity contribution in [3.05, 3.63) is 53.1 Å². The van der Waals surface area contributed by atoms with Crippen LogP contribution in [0.2, 0.25) is 0 Å². The summed E-state index contributed by atoms with van der Waals surface area (Å²) >= 11 is 0. The van der Waals surface area contributed by atoms with Crippen LogP contribution in [-0.4, -0.2) is 33.4 Å². The molecule has 5 heteroatoms. The topological polar surface area (TPSA) is 61.9 Å². The molecule has 1 saturated carbocycles. The maximum Gasteiger partial charge on any atom is 0.253 e. The number of carbonyl (C=O) groups is 1. The van der Waals surface area contributed by atoms with E-state index in [2.05, 4.69) is 22.5 Å². The molecule has 1 aliphatic heterocycles. The largest absolute Gasteiger partial charge is 0.337 e. The van der Waals surface area contributed by atoms with E-state index >= 15 is 0 Å². The van der Waals surface area contributed by atoms with Gasteiger partial charge in [0.2, 0.25) is 0 Å². The second-order valence-electron chi connectivity index (χ2n) is 7.50. The van der Waals surface area contributed by atoms with Gasteiger partial charge in [-0.15, -0.1) is 0 Å². The number of nitrogens with zero attached hydrogens (tertiary/aromatic N) is 4. The molecule has 0 radical (unpaired) electrons. The molecule has 0 bridgehead atoms. The average molecular weight is 348 g/mol. The normalized spacial score (nSPS) is 20.5. The van der Waals surface area contributed by atoms with Crippen molar-refractivity contribution in [1.29, 1.82) is 5.26 Å². The highest BCUT2D eigenvalue weighted by atomic mass is 16.2. The second-order valence-corrected chi connectivity index (χ2v) is 7.50. The Kier molecular flexibility index (Phi) is 4.50. The molecule has 2 heterocycles. The molecule has 134 valence electrons. The molecule has 1 saturated heterocycles. The van der Waals surface area contributed by atoms with E-state index in [1.165, 1.54) is 30.8 Å². The van der Waals surface area contributed by atoms with Gasteiger partial charge in [-0.05, 0) is 50.8 Å². The SMILES string of the molecule is Cc1cnc(C2CCC2)n1[C@H]1CCCN(C(=O)c2cccc(C#N)c2)C1. The summed E-state index contributed by atoms with van der Waals surface area (Å²) in [4.78, 5) is 19.6. The van der Waals surface area contributed by atoms with E-state index in [4.69, 9.17) is 5.26 Å². The fourth-order valence-electron chi connectivity index (χ4n) is 4.16. The minimum absolute atomic E-state index is 0.0229. The first-order valence-corrected chi connectivity index (χ1v) is 9.50. The number of likely N-dealkylation sites (tertiary alicyclic amines) is 1. The molecule has 1 aromatic carbocycles. The van der Waals surface area contributed by atoms with E-state index < -0.39 is 0 Å². The molecular formula is C21H24N4O. The minimum atomic E-state index is 0.0229. The lowest BCUT2D eigenvalue weighted by atomic mass is 9.84. The first-order chi connectivity index (χ1) is 12.7. The van der Waals surface area contributed by atoms with Gasteiger partial charge >= 0.3 is 0 Å². The predicted octanol–water partition coefficient (Wildman–Crippen LogP) is 3.81. The third-order valence-electron chi connectivity index (χ3n) is 5.77. The number of amides is 1. The van der Waals surface area contributed by atoms with Gasteiger partial charge in [0.15, 0.2) is 0 Å². The van der Waals surface area contributed by atoms with Gasteiger partial charge in [0, 0.05) is 36.5 Å². The quantitative estimate of drug-likeness (QED) is 0.847. The first kappa shape index (κ1) is 16.8. The lowest BCUT2D eigenvalue weighted by Gasteiger charge is -2.36. The number of rotatable bonds is 3. The Labute approximate surface area is 154 Å². The Balaban J connectivity index is 1.55. The van der Waals surface area contributed by atoms with E-state index in [9.17, 15) is 4.79 Å². The average Bonchev–Trinajstić information content (AvgIpc) is 3.01. The molecule has 0 spiro atoms. The summed E-state index contributed by atoms with van der Waals surface area (Å²) in [6.45, 7) is 3.61. The van der Waals surface area contributed by atoms with Gasteiger partial charge in [-0.3, -0.25) is 4.79 Å². The van der Waals surface area contributed by atoms with Crippen molar-refractivity contribution < 1.29 is 4.79 Å². The minimum Gasteiger partial charge on any atom is -0.337 e. The molecule has 1 aliphatic carbocycles. The Bertz CT molecular complexity index is 859. The second kappa shape index (κ2) is 6.95. The van der Waals surface area contributed by atoms with Crippen LogP contribution >= 0.6 is 0 Å². The monoisotopic (exact) mass is 348 g/mol. The maximum absolute atomic E-state index is 12.9. The van der Waals surface area contributed by atoms with Crippen LogP contribution < -0.4 is 0 Å². The summed E-state index contributed by atoms with van der Waals surface area (Å²) in [6, 6.07) is 9.41. The molecule has 1 amide bonds. The highest BCUT2D eigenvalue weighted by Gasteiger charge is 2.31. The van der Waals surface area contributed by atoms with Gasteiger partial charge in [-0.25, -0.2) is 4.98 Å².